The normalized spacial score (nSPS) is 10.7. The van der Waals surface area contributed by atoms with Crippen LogP contribution >= 0.6 is 23.1 Å². The van der Waals surface area contributed by atoms with Gasteiger partial charge in [-0.15, -0.1) is 10.2 Å². The van der Waals surface area contributed by atoms with Crippen molar-refractivity contribution in [3.8, 4) is 5.75 Å². The zero-order chi connectivity index (χ0) is 17.4. The molecule has 6 nitrogen and oxygen atoms in total. The Morgan fingerprint density at radius 1 is 1.29 bits per heavy atom. The number of carbonyl (C=O) groups excluding carboxylic acids is 1. The monoisotopic (exact) mass is 366 g/mol. The van der Waals surface area contributed by atoms with Crippen molar-refractivity contribution in [2.75, 3.05) is 24.7 Å². The van der Waals surface area contributed by atoms with Crippen LogP contribution in [0.3, 0.4) is 0 Å². The summed E-state index contributed by atoms with van der Waals surface area (Å²) in [5.74, 6) is 1.66. The molecular weight excluding hydrogens is 344 g/mol. The van der Waals surface area contributed by atoms with E-state index in [-0.39, 0.29) is 5.91 Å². The molecule has 24 heavy (non-hydrogen) atoms. The molecule has 1 heterocycles. The van der Waals surface area contributed by atoms with Gasteiger partial charge in [0.05, 0.1) is 12.9 Å². The van der Waals surface area contributed by atoms with Crippen molar-refractivity contribution >= 4 is 34.1 Å². The summed E-state index contributed by atoms with van der Waals surface area (Å²) in [7, 11) is 1.63. The first-order valence-electron chi connectivity index (χ1n) is 7.66. The molecule has 0 aliphatic rings. The molecule has 0 saturated carbocycles. The maximum atomic E-state index is 11.9. The van der Waals surface area contributed by atoms with Gasteiger partial charge in [-0.05, 0) is 23.6 Å². The number of anilines is 1. The van der Waals surface area contributed by atoms with Crippen molar-refractivity contribution in [3.05, 3.63) is 29.8 Å². The number of rotatable bonds is 9. The zero-order valence-corrected chi connectivity index (χ0v) is 15.7. The molecule has 0 spiro atoms. The molecule has 2 rings (SSSR count). The second-order valence-electron chi connectivity index (χ2n) is 5.56. The number of methoxy groups -OCH3 is 1. The topological polar surface area (TPSA) is 76.1 Å². The molecule has 0 atom stereocenters. The van der Waals surface area contributed by atoms with E-state index >= 15 is 0 Å². The highest BCUT2D eigenvalue weighted by Crippen LogP contribution is 2.25. The molecule has 0 aliphatic carbocycles. The van der Waals surface area contributed by atoms with Crippen LogP contribution < -0.4 is 15.4 Å². The van der Waals surface area contributed by atoms with Crippen LogP contribution in [0.5, 0.6) is 5.75 Å². The predicted molar refractivity (Wildman–Crippen MR) is 98.8 cm³/mol. The Balaban J connectivity index is 1.70. The molecule has 0 fully saturated rings. The average molecular weight is 367 g/mol. The van der Waals surface area contributed by atoms with Gasteiger partial charge in [0.1, 0.15) is 5.75 Å². The van der Waals surface area contributed by atoms with E-state index in [1.165, 1.54) is 23.1 Å². The molecule has 8 heteroatoms. The van der Waals surface area contributed by atoms with Crippen LogP contribution in [0, 0.1) is 5.92 Å². The van der Waals surface area contributed by atoms with Gasteiger partial charge < -0.3 is 15.4 Å². The zero-order valence-electron chi connectivity index (χ0n) is 14.0. The lowest BCUT2D eigenvalue weighted by atomic mass is 10.2. The Labute approximate surface area is 150 Å². The molecule has 0 unspecified atom stereocenters. The summed E-state index contributed by atoms with van der Waals surface area (Å²) in [6, 6.07) is 7.62. The number of thioether (sulfide) groups is 1. The summed E-state index contributed by atoms with van der Waals surface area (Å²) >= 11 is 2.87. The van der Waals surface area contributed by atoms with Crippen molar-refractivity contribution in [2.45, 2.75) is 24.7 Å². The maximum absolute atomic E-state index is 11.9. The molecule has 1 amide bonds. The van der Waals surface area contributed by atoms with E-state index in [1.807, 2.05) is 24.3 Å². The number of amides is 1. The molecule has 0 bridgehead atoms. The third-order valence-corrected chi connectivity index (χ3v) is 5.06. The van der Waals surface area contributed by atoms with E-state index in [4.69, 9.17) is 4.74 Å². The Bertz CT molecular complexity index is 644. The van der Waals surface area contributed by atoms with Crippen LogP contribution in [0.25, 0.3) is 0 Å². The van der Waals surface area contributed by atoms with E-state index in [0.29, 0.717) is 18.2 Å². The summed E-state index contributed by atoms with van der Waals surface area (Å²) in [5.41, 5.74) is 1.03. The number of benzene rings is 1. The van der Waals surface area contributed by atoms with Gasteiger partial charge in [-0.2, -0.15) is 0 Å². The van der Waals surface area contributed by atoms with Crippen LogP contribution in [-0.2, 0) is 11.3 Å². The molecule has 0 radical (unpaired) electrons. The Morgan fingerprint density at radius 3 is 2.71 bits per heavy atom. The van der Waals surface area contributed by atoms with Crippen LogP contribution in [0.4, 0.5) is 5.13 Å². The maximum Gasteiger partial charge on any atom is 0.230 e. The first-order chi connectivity index (χ1) is 11.6. The number of carbonyl (C=O) groups is 1. The fourth-order valence-corrected chi connectivity index (χ4v) is 3.34. The Morgan fingerprint density at radius 2 is 2.04 bits per heavy atom. The second-order valence-corrected chi connectivity index (χ2v) is 7.76. The first kappa shape index (κ1) is 18.5. The van der Waals surface area contributed by atoms with Gasteiger partial charge in [0.15, 0.2) is 4.34 Å². The van der Waals surface area contributed by atoms with Crippen molar-refractivity contribution in [1.82, 2.24) is 15.5 Å². The van der Waals surface area contributed by atoms with E-state index in [2.05, 4.69) is 34.7 Å². The van der Waals surface area contributed by atoms with Gasteiger partial charge in [-0.25, -0.2) is 0 Å². The average Bonchev–Trinajstić information content (AvgIpc) is 3.04. The lowest BCUT2D eigenvalue weighted by Crippen LogP contribution is -2.24. The van der Waals surface area contributed by atoms with Crippen LogP contribution in [-0.4, -0.2) is 35.5 Å². The van der Waals surface area contributed by atoms with Crippen LogP contribution in [0.15, 0.2) is 28.6 Å². The minimum absolute atomic E-state index is 0.0253. The fourth-order valence-electron chi connectivity index (χ4n) is 1.75. The minimum atomic E-state index is -0.0253. The first-order valence-corrected chi connectivity index (χ1v) is 9.47. The molecule has 130 valence electrons. The minimum Gasteiger partial charge on any atom is -0.497 e. The Hall–Kier alpha value is -1.80. The second kappa shape index (κ2) is 9.48. The van der Waals surface area contributed by atoms with Gasteiger partial charge >= 0.3 is 0 Å². The van der Waals surface area contributed by atoms with E-state index in [0.717, 1.165) is 27.3 Å². The summed E-state index contributed by atoms with van der Waals surface area (Å²) in [4.78, 5) is 11.9. The lowest BCUT2D eigenvalue weighted by Gasteiger charge is -2.05. The highest BCUT2D eigenvalue weighted by molar-refractivity contribution is 8.01. The van der Waals surface area contributed by atoms with Crippen LogP contribution in [0.1, 0.15) is 19.4 Å². The number of hydrogen-bond donors (Lipinski definition) is 2. The van der Waals surface area contributed by atoms with Gasteiger partial charge in [0.2, 0.25) is 11.0 Å². The summed E-state index contributed by atoms with van der Waals surface area (Å²) in [6.07, 6.45) is 0. The highest BCUT2D eigenvalue weighted by atomic mass is 32.2. The smallest absolute Gasteiger partial charge is 0.230 e. The van der Waals surface area contributed by atoms with Crippen molar-refractivity contribution in [1.29, 1.82) is 0 Å². The number of aromatic nitrogens is 2. The number of hydrogen-bond acceptors (Lipinski definition) is 7. The van der Waals surface area contributed by atoms with E-state index in [1.54, 1.807) is 7.11 Å². The lowest BCUT2D eigenvalue weighted by molar-refractivity contribution is -0.118. The summed E-state index contributed by atoms with van der Waals surface area (Å²) < 4.78 is 5.90. The molecule has 0 saturated heterocycles. The number of nitrogens with one attached hydrogen (secondary N) is 2. The van der Waals surface area contributed by atoms with Crippen molar-refractivity contribution < 1.29 is 9.53 Å². The predicted octanol–water partition coefficient (Wildman–Crippen LogP) is 3.02. The fraction of sp³-hybridized carbons (Fsp3) is 0.438. The summed E-state index contributed by atoms with van der Waals surface area (Å²) in [6.45, 7) is 5.63. The molecule has 1 aromatic heterocycles. The quantitative estimate of drug-likeness (QED) is 0.665. The third-order valence-electron chi connectivity index (χ3n) is 3.04. The number of nitrogens with zero attached hydrogens (tertiary/aromatic N) is 2. The van der Waals surface area contributed by atoms with Crippen molar-refractivity contribution in [3.63, 3.8) is 0 Å². The molecule has 2 aromatic rings. The van der Waals surface area contributed by atoms with Gasteiger partial charge in [0.25, 0.3) is 0 Å². The molecular formula is C16H22N4O2S2. The van der Waals surface area contributed by atoms with E-state index in [9.17, 15) is 4.79 Å². The van der Waals surface area contributed by atoms with Gasteiger partial charge in [0, 0.05) is 13.1 Å². The van der Waals surface area contributed by atoms with Crippen molar-refractivity contribution in [2.24, 2.45) is 5.92 Å². The standard InChI is InChI=1S/C16H22N4O2S2/c1-11(2)8-18-15-19-20-16(24-15)23-10-14(21)17-9-12-4-6-13(22-3)7-5-12/h4-7,11H,8-10H2,1-3H3,(H,17,21)(H,18,19). The molecule has 1 aromatic carbocycles. The van der Waals surface area contributed by atoms with Gasteiger partial charge in [-0.1, -0.05) is 49.1 Å². The van der Waals surface area contributed by atoms with E-state index < -0.39 is 0 Å². The third kappa shape index (κ3) is 6.37. The Kier molecular flexibility index (Phi) is 7.33. The SMILES string of the molecule is COc1ccc(CNC(=O)CSc2nnc(NCC(C)C)s2)cc1. The highest BCUT2D eigenvalue weighted by Gasteiger charge is 2.08. The molecule has 0 aliphatic heterocycles. The summed E-state index contributed by atoms with van der Waals surface area (Å²) in [5, 5.41) is 15.1. The van der Waals surface area contributed by atoms with Gasteiger partial charge in [-0.3, -0.25) is 4.79 Å². The van der Waals surface area contributed by atoms with Crippen LogP contribution in [0.2, 0.25) is 0 Å². The largest absolute Gasteiger partial charge is 0.497 e. The molecule has 2 N–H and O–H groups in total. The number of ether oxygens (including phenoxy) is 1.